The first-order valence-corrected chi connectivity index (χ1v) is 8.03. The van der Waals surface area contributed by atoms with E-state index in [-0.39, 0.29) is 5.60 Å². The first kappa shape index (κ1) is 16.9. The molecular formula is C16H33NO2. The van der Waals surface area contributed by atoms with Gasteiger partial charge in [0.1, 0.15) is 0 Å². The Labute approximate surface area is 119 Å². The highest BCUT2D eigenvalue weighted by Gasteiger charge is 2.31. The van der Waals surface area contributed by atoms with E-state index in [0.29, 0.717) is 18.8 Å². The summed E-state index contributed by atoms with van der Waals surface area (Å²) in [7, 11) is 0. The SMILES string of the molecule is CC(C)NCC1(OCCOC(C)C)CCCCCC1. The van der Waals surface area contributed by atoms with Gasteiger partial charge < -0.3 is 14.8 Å². The molecule has 0 amide bonds. The third-order valence-electron chi connectivity index (χ3n) is 3.79. The molecule has 1 fully saturated rings. The van der Waals surface area contributed by atoms with Crippen LogP contribution in [0.2, 0.25) is 0 Å². The maximum absolute atomic E-state index is 6.26. The average molecular weight is 271 g/mol. The molecule has 0 saturated heterocycles. The van der Waals surface area contributed by atoms with Gasteiger partial charge in [-0.2, -0.15) is 0 Å². The van der Waals surface area contributed by atoms with Crippen molar-refractivity contribution in [2.75, 3.05) is 19.8 Å². The van der Waals surface area contributed by atoms with Crippen LogP contribution in [-0.4, -0.2) is 37.5 Å². The van der Waals surface area contributed by atoms with Gasteiger partial charge in [0.25, 0.3) is 0 Å². The summed E-state index contributed by atoms with van der Waals surface area (Å²) in [6, 6.07) is 0.524. The molecule has 114 valence electrons. The quantitative estimate of drug-likeness (QED) is 0.541. The topological polar surface area (TPSA) is 30.5 Å². The van der Waals surface area contributed by atoms with Crippen LogP contribution in [-0.2, 0) is 9.47 Å². The van der Waals surface area contributed by atoms with E-state index in [1.807, 2.05) is 0 Å². The molecule has 0 aliphatic heterocycles. The van der Waals surface area contributed by atoms with E-state index in [1.54, 1.807) is 0 Å². The van der Waals surface area contributed by atoms with Crippen molar-refractivity contribution in [2.24, 2.45) is 0 Å². The second kappa shape index (κ2) is 8.93. The summed E-state index contributed by atoms with van der Waals surface area (Å²) in [5.41, 5.74) is 0.0428. The van der Waals surface area contributed by atoms with Gasteiger partial charge in [-0.1, -0.05) is 39.5 Å². The molecule has 0 radical (unpaired) electrons. The van der Waals surface area contributed by atoms with Crippen LogP contribution in [0.3, 0.4) is 0 Å². The molecule has 0 atom stereocenters. The van der Waals surface area contributed by atoms with Crippen molar-refractivity contribution in [1.82, 2.24) is 5.32 Å². The van der Waals surface area contributed by atoms with Crippen molar-refractivity contribution in [3.63, 3.8) is 0 Å². The monoisotopic (exact) mass is 271 g/mol. The van der Waals surface area contributed by atoms with Crippen LogP contribution in [0.4, 0.5) is 0 Å². The Morgan fingerprint density at radius 3 is 2.11 bits per heavy atom. The summed E-state index contributed by atoms with van der Waals surface area (Å²) >= 11 is 0. The standard InChI is InChI=1S/C16H33NO2/c1-14(2)17-13-16(9-7-5-6-8-10-16)19-12-11-18-15(3)4/h14-15,17H,5-13H2,1-4H3. The fraction of sp³-hybridized carbons (Fsp3) is 1.00. The summed E-state index contributed by atoms with van der Waals surface area (Å²) in [6.07, 6.45) is 7.98. The highest BCUT2D eigenvalue weighted by atomic mass is 16.5. The maximum Gasteiger partial charge on any atom is 0.0807 e. The van der Waals surface area contributed by atoms with E-state index in [9.17, 15) is 0 Å². The Balaban J connectivity index is 2.42. The normalized spacial score (nSPS) is 19.9. The van der Waals surface area contributed by atoms with Gasteiger partial charge in [0.05, 0.1) is 24.9 Å². The van der Waals surface area contributed by atoms with Crippen LogP contribution >= 0.6 is 0 Å². The van der Waals surface area contributed by atoms with E-state index in [2.05, 4.69) is 33.0 Å². The van der Waals surface area contributed by atoms with Gasteiger partial charge in [-0.25, -0.2) is 0 Å². The minimum absolute atomic E-state index is 0.0428. The summed E-state index contributed by atoms with van der Waals surface area (Å²) in [6.45, 7) is 11.0. The van der Waals surface area contributed by atoms with Crippen LogP contribution in [0, 0.1) is 0 Å². The summed E-state index contributed by atoms with van der Waals surface area (Å²) in [5, 5.41) is 3.57. The van der Waals surface area contributed by atoms with E-state index in [0.717, 1.165) is 13.2 Å². The van der Waals surface area contributed by atoms with E-state index in [4.69, 9.17) is 9.47 Å². The van der Waals surface area contributed by atoms with Crippen molar-refractivity contribution >= 4 is 0 Å². The van der Waals surface area contributed by atoms with Crippen LogP contribution < -0.4 is 5.32 Å². The van der Waals surface area contributed by atoms with Crippen molar-refractivity contribution in [3.8, 4) is 0 Å². The highest BCUT2D eigenvalue weighted by Crippen LogP contribution is 2.30. The molecular weight excluding hydrogens is 238 g/mol. The lowest BCUT2D eigenvalue weighted by atomic mass is 9.93. The Kier molecular flexibility index (Phi) is 7.96. The van der Waals surface area contributed by atoms with Crippen LogP contribution in [0.15, 0.2) is 0 Å². The Bertz CT molecular complexity index is 221. The van der Waals surface area contributed by atoms with Gasteiger partial charge in [-0.3, -0.25) is 0 Å². The van der Waals surface area contributed by atoms with Gasteiger partial charge in [-0.05, 0) is 26.7 Å². The third kappa shape index (κ3) is 7.28. The molecule has 0 unspecified atom stereocenters. The van der Waals surface area contributed by atoms with Crippen molar-refractivity contribution < 1.29 is 9.47 Å². The fourth-order valence-corrected chi connectivity index (χ4v) is 2.68. The summed E-state index contributed by atoms with van der Waals surface area (Å²) < 4.78 is 11.9. The second-order valence-electron chi connectivity index (χ2n) is 6.40. The largest absolute Gasteiger partial charge is 0.376 e. The van der Waals surface area contributed by atoms with Crippen molar-refractivity contribution in [2.45, 2.75) is 84.0 Å². The molecule has 0 aromatic heterocycles. The molecule has 3 nitrogen and oxygen atoms in total. The Morgan fingerprint density at radius 2 is 1.58 bits per heavy atom. The molecule has 0 bridgehead atoms. The van der Waals surface area contributed by atoms with E-state index >= 15 is 0 Å². The molecule has 1 saturated carbocycles. The average Bonchev–Trinajstić information content (AvgIpc) is 2.58. The number of rotatable bonds is 8. The molecule has 1 aliphatic carbocycles. The number of ether oxygens (including phenoxy) is 2. The molecule has 0 aromatic carbocycles. The minimum atomic E-state index is 0.0428. The van der Waals surface area contributed by atoms with Crippen LogP contribution in [0.5, 0.6) is 0 Å². The molecule has 1 N–H and O–H groups in total. The van der Waals surface area contributed by atoms with Gasteiger partial charge in [0.2, 0.25) is 0 Å². The lowest BCUT2D eigenvalue weighted by molar-refractivity contribution is -0.0821. The predicted octanol–water partition coefficient (Wildman–Crippen LogP) is 3.52. The predicted molar refractivity (Wildman–Crippen MR) is 80.6 cm³/mol. The number of nitrogens with one attached hydrogen (secondary N) is 1. The maximum atomic E-state index is 6.26. The zero-order valence-electron chi connectivity index (χ0n) is 13.3. The van der Waals surface area contributed by atoms with Gasteiger partial charge in [0.15, 0.2) is 0 Å². The first-order valence-electron chi connectivity index (χ1n) is 8.03. The lowest BCUT2D eigenvalue weighted by Crippen LogP contribution is -2.45. The zero-order chi connectivity index (χ0) is 14.1. The molecule has 3 heteroatoms. The molecule has 1 rings (SSSR count). The smallest absolute Gasteiger partial charge is 0.0807 e. The van der Waals surface area contributed by atoms with Crippen LogP contribution in [0.1, 0.15) is 66.2 Å². The minimum Gasteiger partial charge on any atom is -0.376 e. The molecule has 0 aromatic rings. The fourth-order valence-electron chi connectivity index (χ4n) is 2.68. The Hall–Kier alpha value is -0.120. The van der Waals surface area contributed by atoms with Crippen LogP contribution in [0.25, 0.3) is 0 Å². The first-order chi connectivity index (χ1) is 9.04. The number of hydrogen-bond acceptors (Lipinski definition) is 3. The summed E-state index contributed by atoms with van der Waals surface area (Å²) in [4.78, 5) is 0. The van der Waals surface area contributed by atoms with Gasteiger partial charge >= 0.3 is 0 Å². The highest BCUT2D eigenvalue weighted by molar-refractivity contribution is 4.86. The molecule has 19 heavy (non-hydrogen) atoms. The third-order valence-corrected chi connectivity index (χ3v) is 3.79. The van der Waals surface area contributed by atoms with Crippen molar-refractivity contribution in [3.05, 3.63) is 0 Å². The molecule has 0 heterocycles. The second-order valence-corrected chi connectivity index (χ2v) is 6.40. The Morgan fingerprint density at radius 1 is 0.947 bits per heavy atom. The lowest BCUT2D eigenvalue weighted by Gasteiger charge is -2.34. The van der Waals surface area contributed by atoms with E-state index < -0.39 is 0 Å². The number of hydrogen-bond donors (Lipinski definition) is 1. The van der Waals surface area contributed by atoms with Crippen molar-refractivity contribution in [1.29, 1.82) is 0 Å². The summed E-state index contributed by atoms with van der Waals surface area (Å²) in [5.74, 6) is 0. The molecule has 0 spiro atoms. The van der Waals surface area contributed by atoms with Gasteiger partial charge in [0, 0.05) is 12.6 Å². The van der Waals surface area contributed by atoms with Gasteiger partial charge in [-0.15, -0.1) is 0 Å². The molecule has 1 aliphatic rings. The van der Waals surface area contributed by atoms with E-state index in [1.165, 1.54) is 38.5 Å². The zero-order valence-corrected chi connectivity index (χ0v) is 13.3.